The van der Waals surface area contributed by atoms with Crippen LogP contribution in [0.25, 0.3) is 0 Å². The Bertz CT molecular complexity index is 235. The van der Waals surface area contributed by atoms with Crippen LogP contribution >= 0.6 is 0 Å². The Morgan fingerprint density at radius 3 is 2.37 bits per heavy atom. The van der Waals surface area contributed by atoms with Crippen molar-refractivity contribution in [2.24, 2.45) is 5.92 Å². The van der Waals surface area contributed by atoms with Gasteiger partial charge in [0.2, 0.25) is 0 Å². The zero-order valence-electron chi connectivity index (χ0n) is 12.6. The molecule has 0 saturated carbocycles. The summed E-state index contributed by atoms with van der Waals surface area (Å²) in [5.41, 5.74) is 0. The minimum absolute atomic E-state index is 0.349. The van der Waals surface area contributed by atoms with E-state index in [4.69, 9.17) is 5.11 Å². The number of nitrogens with zero attached hydrogens (tertiary/aromatic N) is 1. The SMILES string of the molecule is CCCCCCCCN1CCC(CCC(=O)O)CC1. The molecule has 0 atom stereocenters. The molecule has 0 aliphatic carbocycles. The highest BCUT2D eigenvalue weighted by molar-refractivity contribution is 5.66. The van der Waals surface area contributed by atoms with E-state index in [-0.39, 0.29) is 0 Å². The van der Waals surface area contributed by atoms with Gasteiger partial charge in [0, 0.05) is 6.42 Å². The molecule has 0 bridgehead atoms. The lowest BCUT2D eigenvalue weighted by Crippen LogP contribution is -2.34. The van der Waals surface area contributed by atoms with Crippen LogP contribution in [0.3, 0.4) is 0 Å². The van der Waals surface area contributed by atoms with E-state index in [0.29, 0.717) is 12.3 Å². The number of aliphatic carboxylic acids is 1. The summed E-state index contributed by atoms with van der Waals surface area (Å²) in [7, 11) is 0. The molecule has 1 fully saturated rings. The number of likely N-dealkylation sites (tertiary alicyclic amines) is 1. The van der Waals surface area contributed by atoms with E-state index in [1.165, 1.54) is 71.0 Å². The van der Waals surface area contributed by atoms with Gasteiger partial charge >= 0.3 is 5.97 Å². The van der Waals surface area contributed by atoms with Crippen molar-refractivity contribution in [2.45, 2.75) is 71.1 Å². The predicted octanol–water partition coefficient (Wildman–Crippen LogP) is 3.92. The van der Waals surface area contributed by atoms with Crippen molar-refractivity contribution in [3.8, 4) is 0 Å². The van der Waals surface area contributed by atoms with Crippen LogP contribution in [-0.4, -0.2) is 35.6 Å². The topological polar surface area (TPSA) is 40.5 Å². The van der Waals surface area contributed by atoms with Crippen molar-refractivity contribution in [1.29, 1.82) is 0 Å². The van der Waals surface area contributed by atoms with E-state index in [1.807, 2.05) is 0 Å². The molecule has 0 aromatic heterocycles. The van der Waals surface area contributed by atoms with Crippen LogP contribution in [-0.2, 0) is 4.79 Å². The van der Waals surface area contributed by atoms with E-state index in [0.717, 1.165) is 6.42 Å². The van der Waals surface area contributed by atoms with Crippen molar-refractivity contribution in [2.75, 3.05) is 19.6 Å². The Kier molecular flexibility index (Phi) is 8.89. The second-order valence-electron chi connectivity index (χ2n) is 5.99. The molecule has 19 heavy (non-hydrogen) atoms. The van der Waals surface area contributed by atoms with Crippen LogP contribution in [0.5, 0.6) is 0 Å². The lowest BCUT2D eigenvalue weighted by Gasteiger charge is -2.31. The summed E-state index contributed by atoms with van der Waals surface area (Å²) >= 11 is 0. The summed E-state index contributed by atoms with van der Waals surface area (Å²) in [6.45, 7) is 5.87. The first kappa shape index (κ1) is 16.5. The van der Waals surface area contributed by atoms with Gasteiger partial charge in [0.05, 0.1) is 0 Å². The molecule has 1 rings (SSSR count). The maximum atomic E-state index is 10.5. The number of hydrogen-bond acceptors (Lipinski definition) is 2. The van der Waals surface area contributed by atoms with Gasteiger partial charge in [-0.3, -0.25) is 4.79 Å². The highest BCUT2D eigenvalue weighted by Gasteiger charge is 2.19. The van der Waals surface area contributed by atoms with Gasteiger partial charge < -0.3 is 10.0 Å². The van der Waals surface area contributed by atoms with Crippen molar-refractivity contribution in [3.63, 3.8) is 0 Å². The first-order chi connectivity index (χ1) is 9.22. The maximum Gasteiger partial charge on any atom is 0.303 e. The van der Waals surface area contributed by atoms with Crippen molar-refractivity contribution in [1.82, 2.24) is 4.90 Å². The Hall–Kier alpha value is -0.570. The molecule has 1 aliphatic heterocycles. The molecule has 1 heterocycles. The third-order valence-electron chi connectivity index (χ3n) is 4.30. The lowest BCUT2D eigenvalue weighted by molar-refractivity contribution is -0.137. The average molecular weight is 269 g/mol. The van der Waals surface area contributed by atoms with E-state index in [1.54, 1.807) is 0 Å². The Morgan fingerprint density at radius 2 is 1.74 bits per heavy atom. The van der Waals surface area contributed by atoms with Crippen LogP contribution in [0.15, 0.2) is 0 Å². The quantitative estimate of drug-likeness (QED) is 0.611. The standard InChI is InChI=1S/C16H31NO2/c1-2-3-4-5-6-7-12-17-13-10-15(11-14-17)8-9-16(18)19/h15H,2-14H2,1H3,(H,18,19). The molecular formula is C16H31NO2. The summed E-state index contributed by atoms with van der Waals surface area (Å²) in [4.78, 5) is 13.1. The first-order valence-electron chi connectivity index (χ1n) is 8.16. The summed E-state index contributed by atoms with van der Waals surface area (Å²) in [5.74, 6) is 0.00594. The molecule has 0 unspecified atom stereocenters. The van der Waals surface area contributed by atoms with Gasteiger partial charge in [-0.1, -0.05) is 39.0 Å². The Labute approximate surface area is 118 Å². The second-order valence-corrected chi connectivity index (χ2v) is 5.99. The van der Waals surface area contributed by atoms with Crippen LogP contribution in [0, 0.1) is 5.92 Å². The van der Waals surface area contributed by atoms with Crippen molar-refractivity contribution < 1.29 is 9.90 Å². The first-order valence-corrected chi connectivity index (χ1v) is 8.16. The Morgan fingerprint density at radius 1 is 1.11 bits per heavy atom. The van der Waals surface area contributed by atoms with Gasteiger partial charge in [-0.25, -0.2) is 0 Å². The molecule has 0 spiro atoms. The molecular weight excluding hydrogens is 238 g/mol. The predicted molar refractivity (Wildman–Crippen MR) is 79.4 cm³/mol. The monoisotopic (exact) mass is 269 g/mol. The van der Waals surface area contributed by atoms with Gasteiger partial charge in [0.15, 0.2) is 0 Å². The van der Waals surface area contributed by atoms with Crippen molar-refractivity contribution >= 4 is 5.97 Å². The number of hydrogen-bond donors (Lipinski definition) is 1. The molecule has 112 valence electrons. The van der Waals surface area contributed by atoms with Gasteiger partial charge in [-0.2, -0.15) is 0 Å². The molecule has 0 aromatic carbocycles. The third kappa shape index (κ3) is 8.25. The number of piperidine rings is 1. The number of carboxylic acid groups (broad SMARTS) is 1. The molecule has 0 radical (unpaired) electrons. The summed E-state index contributed by atoms with van der Waals surface area (Å²) in [6, 6.07) is 0. The fourth-order valence-electron chi connectivity index (χ4n) is 2.94. The smallest absolute Gasteiger partial charge is 0.303 e. The van der Waals surface area contributed by atoms with Gasteiger partial charge in [0.1, 0.15) is 0 Å². The molecule has 3 nitrogen and oxygen atoms in total. The second kappa shape index (κ2) is 10.2. The molecule has 1 N–H and O–H groups in total. The van der Waals surface area contributed by atoms with Crippen LogP contribution < -0.4 is 0 Å². The minimum Gasteiger partial charge on any atom is -0.481 e. The Balaban J connectivity index is 1.96. The molecule has 3 heteroatoms. The zero-order valence-corrected chi connectivity index (χ0v) is 12.6. The summed E-state index contributed by atoms with van der Waals surface area (Å²) in [6.07, 6.45) is 11.8. The number of unbranched alkanes of at least 4 members (excludes halogenated alkanes) is 5. The molecule has 0 amide bonds. The fraction of sp³-hybridized carbons (Fsp3) is 0.938. The minimum atomic E-state index is -0.644. The highest BCUT2D eigenvalue weighted by Crippen LogP contribution is 2.22. The van der Waals surface area contributed by atoms with E-state index in [9.17, 15) is 4.79 Å². The zero-order chi connectivity index (χ0) is 13.9. The van der Waals surface area contributed by atoms with E-state index < -0.39 is 5.97 Å². The van der Waals surface area contributed by atoms with Crippen molar-refractivity contribution in [3.05, 3.63) is 0 Å². The molecule has 0 aromatic rings. The van der Waals surface area contributed by atoms with Crippen LogP contribution in [0.1, 0.15) is 71.1 Å². The average Bonchev–Trinajstić information content (AvgIpc) is 2.41. The number of rotatable bonds is 10. The number of carboxylic acids is 1. The van der Waals surface area contributed by atoms with Crippen LogP contribution in [0.2, 0.25) is 0 Å². The third-order valence-corrected chi connectivity index (χ3v) is 4.30. The number of carbonyl (C=O) groups is 1. The highest BCUT2D eigenvalue weighted by atomic mass is 16.4. The largest absolute Gasteiger partial charge is 0.481 e. The summed E-state index contributed by atoms with van der Waals surface area (Å²) < 4.78 is 0. The maximum absolute atomic E-state index is 10.5. The van der Waals surface area contributed by atoms with E-state index in [2.05, 4.69) is 11.8 Å². The lowest BCUT2D eigenvalue weighted by atomic mass is 9.92. The molecule has 1 aliphatic rings. The van der Waals surface area contributed by atoms with Gasteiger partial charge in [-0.05, 0) is 51.2 Å². The fourth-order valence-corrected chi connectivity index (χ4v) is 2.94. The van der Waals surface area contributed by atoms with E-state index >= 15 is 0 Å². The molecule has 1 saturated heterocycles. The van der Waals surface area contributed by atoms with Gasteiger partial charge in [-0.15, -0.1) is 0 Å². The normalized spacial score (nSPS) is 17.7. The van der Waals surface area contributed by atoms with Crippen LogP contribution in [0.4, 0.5) is 0 Å². The van der Waals surface area contributed by atoms with Gasteiger partial charge in [0.25, 0.3) is 0 Å². The summed E-state index contributed by atoms with van der Waals surface area (Å²) in [5, 5.41) is 8.69.